The van der Waals surface area contributed by atoms with Crippen molar-refractivity contribution in [3.05, 3.63) is 65.5 Å². The Labute approximate surface area is 162 Å². The van der Waals surface area contributed by atoms with Crippen molar-refractivity contribution in [3.8, 4) is 0 Å². The van der Waals surface area contributed by atoms with E-state index in [0.29, 0.717) is 50.1 Å². The number of carbonyl (C=O) groups excluding carboxylic acids is 1. The van der Waals surface area contributed by atoms with Gasteiger partial charge in [0.2, 0.25) is 0 Å². The van der Waals surface area contributed by atoms with Crippen molar-refractivity contribution in [3.63, 3.8) is 0 Å². The molecule has 2 amide bonds. The minimum Gasteiger partial charge on any atom is -0.388 e. The molecule has 2 aliphatic heterocycles. The molecule has 2 N–H and O–H groups in total. The summed E-state index contributed by atoms with van der Waals surface area (Å²) < 4.78 is 28.1. The normalized spacial score (nSPS) is 20.8. The summed E-state index contributed by atoms with van der Waals surface area (Å²) in [4.78, 5) is 14.1. The number of amides is 2. The van der Waals surface area contributed by atoms with Gasteiger partial charge in [0, 0.05) is 31.6 Å². The Balaban J connectivity index is 1.37. The van der Waals surface area contributed by atoms with Crippen molar-refractivity contribution in [1.82, 2.24) is 10.2 Å². The van der Waals surface area contributed by atoms with Crippen LogP contribution in [-0.2, 0) is 6.54 Å². The van der Waals surface area contributed by atoms with Gasteiger partial charge in [-0.3, -0.25) is 0 Å². The van der Waals surface area contributed by atoms with Gasteiger partial charge < -0.3 is 15.3 Å². The second-order valence-corrected chi connectivity index (χ2v) is 7.56. The van der Waals surface area contributed by atoms with Crippen LogP contribution >= 0.6 is 0 Å². The number of nitrogens with zero attached hydrogens (tertiary/aromatic N) is 2. The molecule has 1 unspecified atom stereocenters. The first-order valence-electron chi connectivity index (χ1n) is 9.49. The topological polar surface area (TPSA) is 55.8 Å². The van der Waals surface area contributed by atoms with Crippen LogP contribution in [0.5, 0.6) is 0 Å². The van der Waals surface area contributed by atoms with E-state index >= 15 is 4.48 Å². The van der Waals surface area contributed by atoms with Gasteiger partial charge in [-0.05, 0) is 36.6 Å². The Bertz CT molecular complexity index is 851. The monoisotopic (exact) mass is 387 g/mol. The smallest absolute Gasteiger partial charge is 0.317 e. The van der Waals surface area contributed by atoms with Crippen molar-refractivity contribution in [1.29, 1.82) is 0 Å². The van der Waals surface area contributed by atoms with Crippen LogP contribution in [0, 0.1) is 5.82 Å². The molecule has 2 aromatic rings. The third kappa shape index (κ3) is 3.42. The third-order valence-electron chi connectivity index (χ3n) is 5.84. The molecule has 5 nitrogen and oxygen atoms in total. The van der Waals surface area contributed by atoms with Crippen LogP contribution in [-0.4, -0.2) is 34.7 Å². The van der Waals surface area contributed by atoms with Gasteiger partial charge in [-0.2, -0.15) is 0 Å². The number of para-hydroxylation sites is 1. The number of aliphatic hydroxyl groups excluding tert-OH is 1. The van der Waals surface area contributed by atoms with Crippen LogP contribution in [0.25, 0.3) is 0 Å². The van der Waals surface area contributed by atoms with Crippen LogP contribution in [0.15, 0.2) is 48.5 Å². The SMILES string of the molecule is O=C(NCc1ccc(F)cc1)N1CCC2(CC1)CC(O)c1ccccc1N2F. The number of likely N-dealkylation sites (tertiary alicyclic amines) is 1. The molecular weight excluding hydrogens is 364 g/mol. The van der Waals surface area contributed by atoms with Gasteiger partial charge in [-0.1, -0.05) is 34.8 Å². The quantitative estimate of drug-likeness (QED) is 0.773. The van der Waals surface area contributed by atoms with E-state index in [4.69, 9.17) is 0 Å². The lowest BCUT2D eigenvalue weighted by Gasteiger charge is -2.49. The Kier molecular flexibility index (Phi) is 4.93. The highest BCUT2D eigenvalue weighted by molar-refractivity contribution is 5.74. The van der Waals surface area contributed by atoms with Crippen molar-refractivity contribution in [2.45, 2.75) is 37.5 Å². The molecule has 2 heterocycles. The van der Waals surface area contributed by atoms with Crippen molar-refractivity contribution < 1.29 is 18.8 Å². The van der Waals surface area contributed by atoms with Gasteiger partial charge >= 0.3 is 6.03 Å². The highest BCUT2D eigenvalue weighted by atomic mass is 19.2. The molecule has 0 aliphatic carbocycles. The molecule has 0 aromatic heterocycles. The average molecular weight is 387 g/mol. The number of hydrogen-bond acceptors (Lipinski definition) is 3. The molecule has 148 valence electrons. The average Bonchev–Trinajstić information content (AvgIpc) is 2.72. The van der Waals surface area contributed by atoms with E-state index in [9.17, 15) is 14.3 Å². The number of fused-ring (bicyclic) bond motifs is 1. The fraction of sp³-hybridized carbons (Fsp3) is 0.381. The maximum Gasteiger partial charge on any atom is 0.317 e. The van der Waals surface area contributed by atoms with Gasteiger partial charge in [0.05, 0.1) is 17.3 Å². The van der Waals surface area contributed by atoms with Crippen LogP contribution in [0.4, 0.5) is 19.4 Å². The van der Waals surface area contributed by atoms with Gasteiger partial charge in [0.15, 0.2) is 0 Å². The number of benzene rings is 2. The van der Waals surface area contributed by atoms with Gasteiger partial charge in [-0.15, -0.1) is 0 Å². The molecular formula is C21H23F2N3O2. The maximum absolute atomic E-state index is 15.2. The van der Waals surface area contributed by atoms with Gasteiger partial charge in [0.1, 0.15) is 5.82 Å². The largest absolute Gasteiger partial charge is 0.388 e. The summed E-state index contributed by atoms with van der Waals surface area (Å²) in [5.74, 6) is -0.316. The summed E-state index contributed by atoms with van der Waals surface area (Å²) in [5.41, 5.74) is 1.04. The molecule has 28 heavy (non-hydrogen) atoms. The molecule has 0 saturated carbocycles. The fourth-order valence-corrected chi connectivity index (χ4v) is 4.17. The van der Waals surface area contributed by atoms with E-state index in [2.05, 4.69) is 5.32 Å². The third-order valence-corrected chi connectivity index (χ3v) is 5.84. The summed E-state index contributed by atoms with van der Waals surface area (Å²) in [7, 11) is 0. The minimum absolute atomic E-state index is 0.221. The van der Waals surface area contributed by atoms with Crippen molar-refractivity contribution in [2.75, 3.05) is 18.2 Å². The molecule has 1 saturated heterocycles. The molecule has 1 fully saturated rings. The summed E-state index contributed by atoms with van der Waals surface area (Å²) in [5, 5.41) is 14.1. The first kappa shape index (κ1) is 18.7. The van der Waals surface area contributed by atoms with E-state index in [1.54, 1.807) is 41.3 Å². The Morgan fingerprint density at radius 3 is 2.54 bits per heavy atom. The van der Waals surface area contributed by atoms with Crippen molar-refractivity contribution >= 4 is 11.7 Å². The zero-order chi connectivity index (χ0) is 19.7. The van der Waals surface area contributed by atoms with Crippen molar-refractivity contribution in [2.24, 2.45) is 0 Å². The van der Waals surface area contributed by atoms with E-state index in [-0.39, 0.29) is 11.8 Å². The number of carbonyl (C=O) groups is 1. The van der Waals surface area contributed by atoms with Gasteiger partial charge in [0.25, 0.3) is 0 Å². The van der Waals surface area contributed by atoms with Crippen LogP contribution in [0.3, 0.4) is 0 Å². The number of nitrogens with one attached hydrogen (secondary N) is 1. The lowest BCUT2D eigenvalue weighted by atomic mass is 9.77. The standard InChI is InChI=1S/C21H23F2N3O2/c22-16-7-5-15(6-8-16)14-24-20(28)25-11-9-21(10-12-25)13-19(27)17-3-1-2-4-18(17)26(21)23/h1-8,19,27H,9-14H2,(H,24,28). The second-order valence-electron chi connectivity index (χ2n) is 7.56. The number of piperidine rings is 1. The zero-order valence-corrected chi connectivity index (χ0v) is 15.4. The van der Waals surface area contributed by atoms with Crippen LogP contribution in [0.2, 0.25) is 0 Å². The van der Waals surface area contributed by atoms with Crippen LogP contribution in [0.1, 0.15) is 36.5 Å². The summed E-state index contributed by atoms with van der Waals surface area (Å²) in [6, 6.07) is 12.7. The summed E-state index contributed by atoms with van der Waals surface area (Å²) in [6.45, 7) is 1.12. The van der Waals surface area contributed by atoms with E-state index < -0.39 is 11.6 Å². The predicted molar refractivity (Wildman–Crippen MR) is 102 cm³/mol. The number of aliphatic hydroxyl groups is 1. The molecule has 0 radical (unpaired) electrons. The molecule has 7 heteroatoms. The number of rotatable bonds is 2. The molecule has 4 rings (SSSR count). The fourth-order valence-electron chi connectivity index (χ4n) is 4.17. The summed E-state index contributed by atoms with van der Waals surface area (Å²) in [6.07, 6.45) is 0.491. The van der Waals surface area contributed by atoms with Gasteiger partial charge in [-0.25, -0.2) is 14.3 Å². The Hall–Kier alpha value is -2.67. The molecule has 2 aliphatic rings. The maximum atomic E-state index is 15.2. The zero-order valence-electron chi connectivity index (χ0n) is 15.4. The Morgan fingerprint density at radius 1 is 1.14 bits per heavy atom. The number of anilines is 1. The molecule has 2 aromatic carbocycles. The summed E-state index contributed by atoms with van der Waals surface area (Å²) >= 11 is 0. The van der Waals surface area contributed by atoms with E-state index in [1.807, 2.05) is 0 Å². The second kappa shape index (κ2) is 7.39. The number of halogens is 2. The van der Waals surface area contributed by atoms with E-state index in [1.165, 1.54) is 12.1 Å². The molecule has 1 spiro atoms. The number of urea groups is 1. The first-order chi connectivity index (χ1) is 13.5. The minimum atomic E-state index is -0.790. The highest BCUT2D eigenvalue weighted by Gasteiger charge is 2.47. The number of hydrogen-bond donors (Lipinski definition) is 2. The Morgan fingerprint density at radius 2 is 1.82 bits per heavy atom. The molecule has 0 bridgehead atoms. The predicted octanol–water partition coefficient (Wildman–Crippen LogP) is 3.70. The first-order valence-corrected chi connectivity index (χ1v) is 9.49. The lowest BCUT2D eigenvalue weighted by molar-refractivity contribution is 0.0567. The highest BCUT2D eigenvalue weighted by Crippen LogP contribution is 2.47. The van der Waals surface area contributed by atoms with Crippen LogP contribution < -0.4 is 10.4 Å². The molecule has 1 atom stereocenters. The van der Waals surface area contributed by atoms with E-state index in [0.717, 1.165) is 10.7 Å². The lowest BCUT2D eigenvalue weighted by Crippen LogP contribution is -2.57.